The normalized spacial score (nSPS) is 10.3. The van der Waals surface area contributed by atoms with E-state index in [0.717, 1.165) is 17.8 Å². The van der Waals surface area contributed by atoms with Gasteiger partial charge in [-0.05, 0) is 30.2 Å². The lowest BCUT2D eigenvalue weighted by molar-refractivity contribution is 0.980. The average Bonchev–Trinajstić information content (AvgIpc) is 2.58. The van der Waals surface area contributed by atoms with Crippen LogP contribution in [0.2, 0.25) is 5.02 Å². The summed E-state index contributed by atoms with van der Waals surface area (Å²) in [5.41, 5.74) is 2.95. The first-order valence-electron chi connectivity index (χ1n) is 7.32. The van der Waals surface area contributed by atoms with Crippen molar-refractivity contribution in [3.8, 4) is 0 Å². The number of rotatable bonds is 5. The summed E-state index contributed by atoms with van der Waals surface area (Å²) < 4.78 is 0. The third-order valence-corrected chi connectivity index (χ3v) is 3.67. The van der Waals surface area contributed by atoms with Crippen LogP contribution in [-0.2, 0) is 6.42 Å². The van der Waals surface area contributed by atoms with E-state index in [2.05, 4.69) is 38.8 Å². The van der Waals surface area contributed by atoms with E-state index in [1.807, 2.05) is 42.5 Å². The second-order valence-electron chi connectivity index (χ2n) is 4.91. The van der Waals surface area contributed by atoms with E-state index in [4.69, 9.17) is 11.6 Å². The average molecular weight is 326 g/mol. The molecule has 0 unspecified atom stereocenters. The first-order chi connectivity index (χ1) is 11.3. The number of aryl methyl sites for hydroxylation is 1. The van der Waals surface area contributed by atoms with Crippen LogP contribution in [-0.4, -0.2) is 15.2 Å². The van der Waals surface area contributed by atoms with Gasteiger partial charge in [0.2, 0.25) is 5.95 Å². The fourth-order valence-electron chi connectivity index (χ4n) is 2.19. The SMILES string of the molecule is CCc1ccccc1Nc1nncc(Nc2ccccc2Cl)n1. The summed E-state index contributed by atoms with van der Waals surface area (Å²) in [4.78, 5) is 4.43. The molecule has 0 saturated carbocycles. The van der Waals surface area contributed by atoms with Gasteiger partial charge in [0.1, 0.15) is 0 Å². The van der Waals surface area contributed by atoms with E-state index in [1.165, 1.54) is 5.56 Å². The van der Waals surface area contributed by atoms with Crippen molar-refractivity contribution in [3.63, 3.8) is 0 Å². The van der Waals surface area contributed by atoms with Crippen LogP contribution in [0.4, 0.5) is 23.1 Å². The maximum absolute atomic E-state index is 6.14. The molecule has 3 aromatic rings. The van der Waals surface area contributed by atoms with Gasteiger partial charge in [-0.3, -0.25) is 0 Å². The fourth-order valence-corrected chi connectivity index (χ4v) is 2.37. The summed E-state index contributed by atoms with van der Waals surface area (Å²) in [6.45, 7) is 2.11. The third kappa shape index (κ3) is 3.76. The third-order valence-electron chi connectivity index (χ3n) is 3.34. The van der Waals surface area contributed by atoms with Crippen LogP contribution in [0.25, 0.3) is 0 Å². The van der Waals surface area contributed by atoms with Crippen LogP contribution in [0, 0.1) is 0 Å². The lowest BCUT2D eigenvalue weighted by Crippen LogP contribution is -2.03. The van der Waals surface area contributed by atoms with Crippen molar-refractivity contribution in [3.05, 3.63) is 65.3 Å². The molecule has 0 amide bonds. The van der Waals surface area contributed by atoms with Crippen molar-refractivity contribution in [2.75, 3.05) is 10.6 Å². The molecule has 3 rings (SSSR count). The summed E-state index contributed by atoms with van der Waals surface area (Å²) in [6, 6.07) is 15.5. The summed E-state index contributed by atoms with van der Waals surface area (Å²) in [7, 11) is 0. The first-order valence-corrected chi connectivity index (χ1v) is 7.70. The molecule has 23 heavy (non-hydrogen) atoms. The van der Waals surface area contributed by atoms with Gasteiger partial charge in [-0.1, -0.05) is 48.9 Å². The van der Waals surface area contributed by atoms with Gasteiger partial charge in [-0.25, -0.2) is 0 Å². The van der Waals surface area contributed by atoms with Crippen molar-refractivity contribution in [2.24, 2.45) is 0 Å². The van der Waals surface area contributed by atoms with Crippen molar-refractivity contribution < 1.29 is 0 Å². The van der Waals surface area contributed by atoms with E-state index in [0.29, 0.717) is 16.8 Å². The molecule has 2 N–H and O–H groups in total. The van der Waals surface area contributed by atoms with Crippen LogP contribution < -0.4 is 10.6 Å². The van der Waals surface area contributed by atoms with E-state index in [-0.39, 0.29) is 0 Å². The van der Waals surface area contributed by atoms with E-state index in [1.54, 1.807) is 6.20 Å². The first kappa shape index (κ1) is 15.2. The highest BCUT2D eigenvalue weighted by Gasteiger charge is 2.06. The molecule has 0 atom stereocenters. The number of halogens is 1. The molecule has 0 bridgehead atoms. The van der Waals surface area contributed by atoms with E-state index >= 15 is 0 Å². The zero-order valence-corrected chi connectivity index (χ0v) is 13.4. The molecule has 0 fully saturated rings. The molecule has 1 heterocycles. The second kappa shape index (κ2) is 7.07. The zero-order chi connectivity index (χ0) is 16.1. The summed E-state index contributed by atoms with van der Waals surface area (Å²) >= 11 is 6.14. The number of hydrogen-bond acceptors (Lipinski definition) is 5. The quantitative estimate of drug-likeness (QED) is 0.719. The molecule has 0 aliphatic carbocycles. The fraction of sp³-hybridized carbons (Fsp3) is 0.118. The lowest BCUT2D eigenvalue weighted by atomic mass is 10.1. The van der Waals surface area contributed by atoms with Gasteiger partial charge in [-0.15, -0.1) is 5.10 Å². The van der Waals surface area contributed by atoms with Crippen molar-refractivity contribution >= 4 is 34.7 Å². The van der Waals surface area contributed by atoms with Gasteiger partial charge in [0, 0.05) is 5.69 Å². The Labute approximate surface area is 139 Å². The van der Waals surface area contributed by atoms with Gasteiger partial charge in [0.15, 0.2) is 5.82 Å². The minimum absolute atomic E-state index is 0.433. The smallest absolute Gasteiger partial charge is 0.249 e. The highest BCUT2D eigenvalue weighted by molar-refractivity contribution is 6.33. The maximum atomic E-state index is 6.14. The molecule has 6 heteroatoms. The molecular formula is C17H16ClN5. The molecule has 1 aromatic heterocycles. The summed E-state index contributed by atoms with van der Waals surface area (Å²) in [6.07, 6.45) is 2.48. The molecule has 0 aliphatic rings. The Balaban J connectivity index is 1.81. The standard InChI is InChI=1S/C17H16ClN5/c1-2-12-7-3-5-9-14(12)21-17-22-16(11-19-23-17)20-15-10-6-4-8-13(15)18/h3-11H,2H2,1H3,(H2,20,21,22,23). The summed E-state index contributed by atoms with van der Waals surface area (Å²) in [5, 5.41) is 15.0. The Morgan fingerprint density at radius 3 is 2.48 bits per heavy atom. The maximum Gasteiger partial charge on any atom is 0.249 e. The lowest BCUT2D eigenvalue weighted by Gasteiger charge is -2.10. The number of benzene rings is 2. The molecule has 0 aliphatic heterocycles. The van der Waals surface area contributed by atoms with Crippen LogP contribution in [0.1, 0.15) is 12.5 Å². The Morgan fingerprint density at radius 2 is 1.70 bits per heavy atom. The molecule has 5 nitrogen and oxygen atoms in total. The van der Waals surface area contributed by atoms with Crippen molar-refractivity contribution in [1.29, 1.82) is 0 Å². The second-order valence-corrected chi connectivity index (χ2v) is 5.31. The molecular weight excluding hydrogens is 310 g/mol. The van der Waals surface area contributed by atoms with E-state index in [9.17, 15) is 0 Å². The molecule has 116 valence electrons. The van der Waals surface area contributed by atoms with Gasteiger partial charge >= 0.3 is 0 Å². The monoisotopic (exact) mass is 325 g/mol. The minimum atomic E-state index is 0.433. The molecule has 0 saturated heterocycles. The Hall–Kier alpha value is -2.66. The number of aromatic nitrogens is 3. The predicted octanol–water partition coefficient (Wildman–Crippen LogP) is 4.57. The number of hydrogen-bond donors (Lipinski definition) is 2. The number of nitrogens with zero attached hydrogens (tertiary/aromatic N) is 3. The molecule has 2 aromatic carbocycles. The number of nitrogens with one attached hydrogen (secondary N) is 2. The van der Waals surface area contributed by atoms with Gasteiger partial charge in [0.25, 0.3) is 0 Å². The largest absolute Gasteiger partial charge is 0.338 e. The van der Waals surface area contributed by atoms with Crippen LogP contribution in [0.3, 0.4) is 0 Å². The van der Waals surface area contributed by atoms with Gasteiger partial charge in [0.05, 0.1) is 16.9 Å². The molecule has 0 spiro atoms. The Morgan fingerprint density at radius 1 is 0.957 bits per heavy atom. The number of para-hydroxylation sites is 2. The van der Waals surface area contributed by atoms with Crippen LogP contribution >= 0.6 is 11.6 Å². The van der Waals surface area contributed by atoms with Gasteiger partial charge in [-0.2, -0.15) is 10.1 Å². The zero-order valence-electron chi connectivity index (χ0n) is 12.6. The Bertz CT molecular complexity index is 806. The number of anilines is 4. The predicted molar refractivity (Wildman–Crippen MR) is 93.7 cm³/mol. The molecule has 0 radical (unpaired) electrons. The highest BCUT2D eigenvalue weighted by atomic mass is 35.5. The van der Waals surface area contributed by atoms with Crippen molar-refractivity contribution in [1.82, 2.24) is 15.2 Å². The van der Waals surface area contributed by atoms with Crippen LogP contribution in [0.15, 0.2) is 54.7 Å². The topological polar surface area (TPSA) is 62.7 Å². The Kier molecular flexibility index (Phi) is 4.68. The van der Waals surface area contributed by atoms with Crippen molar-refractivity contribution in [2.45, 2.75) is 13.3 Å². The van der Waals surface area contributed by atoms with E-state index < -0.39 is 0 Å². The van der Waals surface area contributed by atoms with Gasteiger partial charge < -0.3 is 10.6 Å². The van der Waals surface area contributed by atoms with Crippen LogP contribution in [0.5, 0.6) is 0 Å². The highest BCUT2D eigenvalue weighted by Crippen LogP contribution is 2.24. The summed E-state index contributed by atoms with van der Waals surface area (Å²) in [5.74, 6) is 1.01. The minimum Gasteiger partial charge on any atom is -0.338 e.